The first-order chi connectivity index (χ1) is 12.7. The molecule has 1 fully saturated rings. The highest BCUT2D eigenvalue weighted by Crippen LogP contribution is 2.24. The molecule has 0 spiro atoms. The third-order valence-corrected chi connectivity index (χ3v) is 5.37. The summed E-state index contributed by atoms with van der Waals surface area (Å²) in [6, 6.07) is 0. The van der Waals surface area contributed by atoms with Crippen LogP contribution in [0.25, 0.3) is 0 Å². The van der Waals surface area contributed by atoms with E-state index in [1.54, 1.807) is 18.9 Å². The van der Waals surface area contributed by atoms with Gasteiger partial charge in [0.2, 0.25) is 11.8 Å². The molecular weight excluding hydrogens is 396 g/mol. The summed E-state index contributed by atoms with van der Waals surface area (Å²) in [6.45, 7) is 4.45. The van der Waals surface area contributed by atoms with E-state index in [0.29, 0.717) is 11.8 Å². The molecule has 3 rings (SSSR count). The maximum absolute atomic E-state index is 5.27. The van der Waals surface area contributed by atoms with Crippen molar-refractivity contribution in [2.75, 3.05) is 51.8 Å². The molecule has 26 heavy (non-hydrogen) atoms. The number of nitrogens with one attached hydrogen (secondary N) is 1. The molecule has 0 amide bonds. The number of anilines is 1. The molecular formula is C18H27BrN6O. The number of piperazine rings is 1. The molecule has 1 aromatic rings. The third kappa shape index (κ3) is 4.66. The van der Waals surface area contributed by atoms with Crippen molar-refractivity contribution in [3.8, 4) is 5.88 Å². The van der Waals surface area contributed by atoms with Crippen LogP contribution in [0.5, 0.6) is 5.88 Å². The lowest BCUT2D eigenvalue weighted by Crippen LogP contribution is -2.53. The highest BCUT2D eigenvalue weighted by Gasteiger charge is 2.22. The molecule has 2 aliphatic rings. The number of halogens is 1. The van der Waals surface area contributed by atoms with Crippen molar-refractivity contribution in [1.82, 2.24) is 20.2 Å². The molecule has 1 saturated heterocycles. The van der Waals surface area contributed by atoms with Gasteiger partial charge in [-0.3, -0.25) is 4.99 Å². The molecule has 142 valence electrons. The van der Waals surface area contributed by atoms with Crippen LogP contribution >= 0.6 is 15.9 Å². The number of guanidine groups is 1. The quantitative estimate of drug-likeness (QED) is 0.446. The van der Waals surface area contributed by atoms with Crippen molar-refractivity contribution in [1.29, 1.82) is 0 Å². The molecule has 0 aromatic carbocycles. The molecule has 0 radical (unpaired) electrons. The Hall–Kier alpha value is -1.83. The fourth-order valence-electron chi connectivity index (χ4n) is 3.39. The minimum Gasteiger partial charge on any atom is -0.480 e. The summed E-state index contributed by atoms with van der Waals surface area (Å²) in [6.07, 6.45) is 9.06. The van der Waals surface area contributed by atoms with E-state index in [-0.39, 0.29) is 0 Å². The van der Waals surface area contributed by atoms with Crippen LogP contribution in [0.1, 0.15) is 25.7 Å². The number of hydrogen-bond acceptors (Lipinski definition) is 5. The zero-order valence-electron chi connectivity index (χ0n) is 15.5. The lowest BCUT2D eigenvalue weighted by molar-refractivity contribution is 0.366. The topological polar surface area (TPSA) is 65.9 Å². The first-order valence-corrected chi connectivity index (χ1v) is 9.95. The van der Waals surface area contributed by atoms with Gasteiger partial charge in [0.1, 0.15) is 0 Å². The lowest BCUT2D eigenvalue weighted by atomic mass is 10.2. The summed E-state index contributed by atoms with van der Waals surface area (Å²) in [4.78, 5) is 17.8. The fourth-order valence-corrected chi connectivity index (χ4v) is 3.74. The number of aromatic nitrogens is 2. The summed E-state index contributed by atoms with van der Waals surface area (Å²) in [5.41, 5.74) is 1.58. The number of allylic oxidation sites excluding steroid dienone is 1. The SMILES string of the molecule is CN=C(NCCC1=CCCC1)N1CCN(c2ncc(Br)c(OC)n2)CC1. The number of nitrogens with zero attached hydrogens (tertiary/aromatic N) is 5. The van der Waals surface area contributed by atoms with Crippen molar-refractivity contribution >= 4 is 27.8 Å². The number of rotatable bonds is 5. The first-order valence-electron chi connectivity index (χ1n) is 9.16. The van der Waals surface area contributed by atoms with Gasteiger partial charge < -0.3 is 19.9 Å². The summed E-state index contributed by atoms with van der Waals surface area (Å²) in [5.74, 6) is 2.26. The van der Waals surface area contributed by atoms with E-state index >= 15 is 0 Å². The van der Waals surface area contributed by atoms with Crippen LogP contribution in [0, 0.1) is 0 Å². The second kappa shape index (κ2) is 9.21. The maximum Gasteiger partial charge on any atom is 0.232 e. The van der Waals surface area contributed by atoms with Crippen LogP contribution < -0.4 is 15.0 Å². The van der Waals surface area contributed by atoms with Crippen LogP contribution in [0.3, 0.4) is 0 Å². The van der Waals surface area contributed by atoms with Gasteiger partial charge in [-0.25, -0.2) is 4.98 Å². The molecule has 1 N–H and O–H groups in total. The largest absolute Gasteiger partial charge is 0.480 e. The van der Waals surface area contributed by atoms with Gasteiger partial charge in [-0.1, -0.05) is 11.6 Å². The predicted molar refractivity (Wildman–Crippen MR) is 108 cm³/mol. The number of aliphatic imine (C=N–C) groups is 1. The minimum absolute atomic E-state index is 0.566. The molecule has 0 atom stereocenters. The van der Waals surface area contributed by atoms with Crippen LogP contribution in [0.4, 0.5) is 5.95 Å². The minimum atomic E-state index is 0.566. The van der Waals surface area contributed by atoms with Gasteiger partial charge in [-0.05, 0) is 41.6 Å². The molecule has 0 saturated carbocycles. The average molecular weight is 423 g/mol. The average Bonchev–Trinajstić information content (AvgIpc) is 3.19. The van der Waals surface area contributed by atoms with Gasteiger partial charge in [0.05, 0.1) is 17.8 Å². The Labute approximate surface area is 163 Å². The zero-order valence-corrected chi connectivity index (χ0v) is 17.1. The van der Waals surface area contributed by atoms with Crippen LogP contribution in [0.15, 0.2) is 27.3 Å². The standard InChI is InChI=1S/C18H27BrN6O/c1-20-17(21-8-7-14-5-3-4-6-14)24-9-11-25(12-10-24)18-22-13-15(19)16(23-18)26-2/h5,13H,3-4,6-12H2,1-2H3,(H,20,21). The smallest absolute Gasteiger partial charge is 0.232 e. The Morgan fingerprint density at radius 3 is 2.81 bits per heavy atom. The molecule has 2 heterocycles. The molecule has 8 heteroatoms. The number of methoxy groups -OCH3 is 1. The fraction of sp³-hybridized carbons (Fsp3) is 0.611. The molecule has 0 unspecified atom stereocenters. The van der Waals surface area contributed by atoms with Gasteiger partial charge in [0.25, 0.3) is 0 Å². The second-order valence-corrected chi connectivity index (χ2v) is 7.33. The Balaban J connectivity index is 1.50. The van der Waals surface area contributed by atoms with Gasteiger partial charge in [-0.15, -0.1) is 0 Å². The molecule has 7 nitrogen and oxygen atoms in total. The molecule has 0 bridgehead atoms. The Bertz CT molecular complexity index is 670. The second-order valence-electron chi connectivity index (χ2n) is 6.48. The first kappa shape index (κ1) is 18.9. The van der Waals surface area contributed by atoms with E-state index in [1.807, 2.05) is 7.05 Å². The van der Waals surface area contributed by atoms with Crippen molar-refractivity contribution in [3.05, 3.63) is 22.3 Å². The zero-order chi connectivity index (χ0) is 18.4. The monoisotopic (exact) mass is 422 g/mol. The lowest BCUT2D eigenvalue weighted by Gasteiger charge is -2.36. The van der Waals surface area contributed by atoms with Gasteiger partial charge in [0.15, 0.2) is 5.96 Å². The number of hydrogen-bond donors (Lipinski definition) is 1. The summed E-state index contributed by atoms with van der Waals surface area (Å²) in [5, 5.41) is 3.51. The maximum atomic E-state index is 5.27. The van der Waals surface area contributed by atoms with Gasteiger partial charge in [0, 0.05) is 39.8 Å². The van der Waals surface area contributed by atoms with Gasteiger partial charge in [-0.2, -0.15) is 4.98 Å². The third-order valence-electron chi connectivity index (χ3n) is 4.83. The predicted octanol–water partition coefficient (Wildman–Crippen LogP) is 2.45. The summed E-state index contributed by atoms with van der Waals surface area (Å²) in [7, 11) is 3.47. The van der Waals surface area contributed by atoms with E-state index in [1.165, 1.54) is 19.3 Å². The Morgan fingerprint density at radius 1 is 1.35 bits per heavy atom. The molecule has 1 aromatic heterocycles. The Kier molecular flexibility index (Phi) is 6.71. The van der Waals surface area contributed by atoms with Crippen molar-refractivity contribution in [2.45, 2.75) is 25.7 Å². The summed E-state index contributed by atoms with van der Waals surface area (Å²) < 4.78 is 6.04. The molecule has 1 aliphatic carbocycles. The highest BCUT2D eigenvalue weighted by molar-refractivity contribution is 9.10. The normalized spacial score (nSPS) is 18.1. The van der Waals surface area contributed by atoms with Crippen LogP contribution in [-0.4, -0.2) is 67.7 Å². The number of ether oxygens (including phenoxy) is 1. The highest BCUT2D eigenvalue weighted by atomic mass is 79.9. The molecule has 1 aliphatic heterocycles. The Morgan fingerprint density at radius 2 is 2.15 bits per heavy atom. The van der Waals surface area contributed by atoms with Gasteiger partial charge >= 0.3 is 0 Å². The van der Waals surface area contributed by atoms with Crippen LogP contribution in [-0.2, 0) is 0 Å². The van der Waals surface area contributed by atoms with Crippen LogP contribution in [0.2, 0.25) is 0 Å². The van der Waals surface area contributed by atoms with E-state index in [2.05, 4.69) is 52.1 Å². The van der Waals surface area contributed by atoms with Crippen molar-refractivity contribution < 1.29 is 4.74 Å². The van der Waals surface area contributed by atoms with Crippen molar-refractivity contribution in [3.63, 3.8) is 0 Å². The van der Waals surface area contributed by atoms with E-state index in [9.17, 15) is 0 Å². The summed E-state index contributed by atoms with van der Waals surface area (Å²) >= 11 is 3.40. The van der Waals surface area contributed by atoms with E-state index in [0.717, 1.165) is 49.6 Å². The van der Waals surface area contributed by atoms with Crippen molar-refractivity contribution in [2.24, 2.45) is 4.99 Å². The van der Waals surface area contributed by atoms with E-state index in [4.69, 9.17) is 4.74 Å². The van der Waals surface area contributed by atoms with E-state index < -0.39 is 0 Å².